The minimum Gasteiger partial charge on any atom is -0.493 e. The Balaban J connectivity index is 1.73. The van der Waals surface area contributed by atoms with Crippen molar-refractivity contribution in [3.8, 4) is 23.0 Å². The number of anilines is 1. The molecule has 2 N–H and O–H groups in total. The first kappa shape index (κ1) is 27.4. The third-order valence-electron chi connectivity index (χ3n) is 5.36. The third kappa shape index (κ3) is 7.90. The van der Waals surface area contributed by atoms with Crippen molar-refractivity contribution in [3.63, 3.8) is 0 Å². The number of pyridine rings is 1. The minimum atomic E-state index is -0.300. The Morgan fingerprint density at radius 3 is 2.53 bits per heavy atom. The normalized spacial score (nSPS) is 11.4. The number of likely N-dealkylation sites (N-methyl/N-ethyl adjacent to an activating group) is 1. The van der Waals surface area contributed by atoms with Crippen molar-refractivity contribution in [1.82, 2.24) is 15.2 Å². The lowest BCUT2D eigenvalue weighted by Crippen LogP contribution is -2.31. The molecule has 0 unspecified atom stereocenters. The molecule has 0 bridgehead atoms. The molecule has 3 aromatic rings. The molecule has 1 aromatic heterocycles. The van der Waals surface area contributed by atoms with Crippen LogP contribution in [0.5, 0.6) is 23.0 Å². The van der Waals surface area contributed by atoms with Gasteiger partial charge in [0, 0.05) is 36.8 Å². The van der Waals surface area contributed by atoms with E-state index in [0.717, 1.165) is 18.4 Å². The molecule has 9 heteroatoms. The lowest BCUT2D eigenvalue weighted by Gasteiger charge is -2.18. The molecule has 0 aliphatic carbocycles. The van der Waals surface area contributed by atoms with Crippen LogP contribution in [0.4, 0.5) is 10.5 Å². The summed E-state index contributed by atoms with van der Waals surface area (Å²) in [5, 5.41) is 6.77. The lowest BCUT2D eigenvalue weighted by atomic mass is 9.92. The molecule has 0 saturated heterocycles. The van der Waals surface area contributed by atoms with Crippen LogP contribution in [0, 0.1) is 5.41 Å². The first-order chi connectivity index (χ1) is 17.1. The predicted molar refractivity (Wildman–Crippen MR) is 145 cm³/mol. The van der Waals surface area contributed by atoms with Gasteiger partial charge >= 0.3 is 6.03 Å². The van der Waals surface area contributed by atoms with E-state index in [-0.39, 0.29) is 11.4 Å². The largest absolute Gasteiger partial charge is 0.493 e. The molecule has 3 rings (SSSR count). The zero-order chi connectivity index (χ0) is 26.3. The summed E-state index contributed by atoms with van der Waals surface area (Å²) in [7, 11) is 5.58. The molecule has 2 aromatic carbocycles. The summed E-state index contributed by atoms with van der Waals surface area (Å²) in [4.78, 5) is 18.7. The Morgan fingerprint density at radius 2 is 1.86 bits per heavy atom. The first-order valence-electron chi connectivity index (χ1n) is 11.8. The zero-order valence-corrected chi connectivity index (χ0v) is 22.5. The summed E-state index contributed by atoms with van der Waals surface area (Å²) in [5.74, 6) is 2.33. The topological polar surface area (TPSA) is 85.0 Å². The number of aromatic nitrogens is 1. The Kier molecular flexibility index (Phi) is 9.23. The number of fused-ring (bicyclic) bond motifs is 1. The number of hydrogen-bond acceptors (Lipinski definition) is 6. The fourth-order valence-corrected chi connectivity index (χ4v) is 3.55. The second-order valence-electron chi connectivity index (χ2n) is 9.92. The van der Waals surface area contributed by atoms with E-state index >= 15 is 0 Å². The van der Waals surface area contributed by atoms with Crippen LogP contribution in [0.15, 0.2) is 42.6 Å². The summed E-state index contributed by atoms with van der Waals surface area (Å²) in [5.41, 5.74) is 1.36. The number of carbonyl (C=O) groups is 1. The maximum atomic E-state index is 12.2. The summed E-state index contributed by atoms with van der Waals surface area (Å²) >= 11 is 6.43. The van der Waals surface area contributed by atoms with Crippen molar-refractivity contribution in [2.45, 2.75) is 27.2 Å². The number of urea groups is 1. The van der Waals surface area contributed by atoms with Gasteiger partial charge in [-0.1, -0.05) is 32.4 Å². The van der Waals surface area contributed by atoms with E-state index in [4.69, 9.17) is 25.8 Å². The molecule has 0 spiro atoms. The second-order valence-corrected chi connectivity index (χ2v) is 10.3. The standard InChI is InChI=1S/C27H35ClN4O4/c1-27(2,3)10-12-30-26(33)31-21-8-7-18(15-20(21)28)36-23-9-11-29-22-17-25(35-14-13-32(4)5)24(34-6)16-19(22)23/h7-9,11,15-17H,10,12-14H2,1-6H3,(H2,30,31,33). The van der Waals surface area contributed by atoms with Crippen molar-refractivity contribution >= 4 is 34.2 Å². The molecule has 0 aliphatic heterocycles. The number of rotatable bonds is 10. The number of amides is 2. The summed E-state index contributed by atoms with van der Waals surface area (Å²) in [6, 6.07) is 10.3. The van der Waals surface area contributed by atoms with Crippen LogP contribution < -0.4 is 24.8 Å². The van der Waals surface area contributed by atoms with E-state index in [0.29, 0.717) is 52.4 Å². The van der Waals surface area contributed by atoms with Gasteiger partial charge in [0.15, 0.2) is 11.5 Å². The Hall–Kier alpha value is -3.23. The maximum absolute atomic E-state index is 12.2. The molecule has 0 radical (unpaired) electrons. The number of methoxy groups -OCH3 is 1. The summed E-state index contributed by atoms with van der Waals surface area (Å²) in [6.45, 7) is 8.27. The van der Waals surface area contributed by atoms with Crippen molar-refractivity contribution < 1.29 is 19.0 Å². The van der Waals surface area contributed by atoms with Gasteiger partial charge < -0.3 is 29.7 Å². The van der Waals surface area contributed by atoms with E-state index < -0.39 is 0 Å². The zero-order valence-electron chi connectivity index (χ0n) is 21.8. The number of benzene rings is 2. The molecule has 36 heavy (non-hydrogen) atoms. The average molecular weight is 515 g/mol. The molecule has 0 fully saturated rings. The number of halogens is 1. The highest BCUT2D eigenvalue weighted by Crippen LogP contribution is 2.38. The Bertz CT molecular complexity index is 1190. The van der Waals surface area contributed by atoms with Crippen LogP contribution >= 0.6 is 11.6 Å². The lowest BCUT2D eigenvalue weighted by molar-refractivity contribution is 0.250. The molecule has 0 atom stereocenters. The summed E-state index contributed by atoms with van der Waals surface area (Å²) < 4.78 is 17.6. The highest BCUT2D eigenvalue weighted by atomic mass is 35.5. The first-order valence-corrected chi connectivity index (χ1v) is 12.2. The predicted octanol–water partition coefficient (Wildman–Crippen LogP) is 6.19. The second kappa shape index (κ2) is 12.1. The molecule has 1 heterocycles. The fourth-order valence-electron chi connectivity index (χ4n) is 3.33. The van der Waals surface area contributed by atoms with E-state index in [1.807, 2.05) is 31.1 Å². The van der Waals surface area contributed by atoms with Crippen LogP contribution in [-0.4, -0.2) is 56.8 Å². The molecule has 0 saturated carbocycles. The van der Waals surface area contributed by atoms with Crippen molar-refractivity contribution in [2.75, 3.05) is 46.2 Å². The van der Waals surface area contributed by atoms with Crippen LogP contribution in [0.1, 0.15) is 27.2 Å². The van der Waals surface area contributed by atoms with Crippen LogP contribution in [0.2, 0.25) is 5.02 Å². The molecule has 194 valence electrons. The van der Waals surface area contributed by atoms with E-state index in [1.165, 1.54) is 0 Å². The maximum Gasteiger partial charge on any atom is 0.319 e. The Labute approximate surface area is 217 Å². The number of nitrogens with zero attached hydrogens (tertiary/aromatic N) is 2. The van der Waals surface area contributed by atoms with Crippen LogP contribution in [-0.2, 0) is 0 Å². The van der Waals surface area contributed by atoms with Gasteiger partial charge in [0.05, 0.1) is 23.3 Å². The monoisotopic (exact) mass is 514 g/mol. The van der Waals surface area contributed by atoms with Gasteiger partial charge in [-0.2, -0.15) is 0 Å². The van der Waals surface area contributed by atoms with E-state index in [9.17, 15) is 4.79 Å². The molecule has 8 nitrogen and oxygen atoms in total. The van der Waals surface area contributed by atoms with E-state index in [1.54, 1.807) is 37.6 Å². The van der Waals surface area contributed by atoms with Gasteiger partial charge in [-0.15, -0.1) is 0 Å². The number of hydrogen-bond donors (Lipinski definition) is 2. The van der Waals surface area contributed by atoms with Gasteiger partial charge in [-0.3, -0.25) is 4.98 Å². The van der Waals surface area contributed by atoms with Gasteiger partial charge in [-0.05, 0) is 50.2 Å². The van der Waals surface area contributed by atoms with Gasteiger partial charge in [0.1, 0.15) is 18.1 Å². The number of ether oxygens (including phenoxy) is 3. The highest BCUT2D eigenvalue weighted by molar-refractivity contribution is 6.33. The molecular weight excluding hydrogens is 480 g/mol. The average Bonchev–Trinajstić information content (AvgIpc) is 2.79. The minimum absolute atomic E-state index is 0.145. The van der Waals surface area contributed by atoms with Crippen LogP contribution in [0.3, 0.4) is 0 Å². The highest BCUT2D eigenvalue weighted by Gasteiger charge is 2.14. The quantitative estimate of drug-likeness (QED) is 0.335. The van der Waals surface area contributed by atoms with Gasteiger partial charge in [0.25, 0.3) is 0 Å². The van der Waals surface area contributed by atoms with Crippen molar-refractivity contribution in [3.05, 3.63) is 47.6 Å². The SMILES string of the molecule is COc1cc2c(Oc3ccc(NC(=O)NCCC(C)(C)C)c(Cl)c3)ccnc2cc1OCCN(C)C. The smallest absolute Gasteiger partial charge is 0.319 e. The summed E-state index contributed by atoms with van der Waals surface area (Å²) in [6.07, 6.45) is 2.54. The molecule has 0 aliphatic rings. The van der Waals surface area contributed by atoms with Crippen molar-refractivity contribution in [1.29, 1.82) is 0 Å². The third-order valence-corrected chi connectivity index (χ3v) is 5.67. The van der Waals surface area contributed by atoms with Gasteiger partial charge in [-0.25, -0.2) is 4.79 Å². The van der Waals surface area contributed by atoms with Crippen LogP contribution in [0.25, 0.3) is 10.9 Å². The van der Waals surface area contributed by atoms with Crippen molar-refractivity contribution in [2.24, 2.45) is 5.41 Å². The number of carbonyl (C=O) groups excluding carboxylic acids is 1. The van der Waals surface area contributed by atoms with E-state index in [2.05, 4.69) is 36.4 Å². The Morgan fingerprint density at radius 1 is 1.08 bits per heavy atom. The molecule has 2 amide bonds. The fraction of sp³-hybridized carbons (Fsp3) is 0.407. The molecular formula is C27H35ClN4O4. The number of nitrogens with one attached hydrogen (secondary N) is 2. The van der Waals surface area contributed by atoms with Gasteiger partial charge in [0.2, 0.25) is 0 Å².